The molecule has 5 rings (SSSR count). The molecule has 0 aromatic heterocycles. The average Bonchev–Trinajstić information content (AvgIpc) is 2.87. The fourth-order valence-electron chi connectivity index (χ4n) is 10.4. The van der Waals surface area contributed by atoms with E-state index in [0.29, 0.717) is 12.8 Å². The Labute approximate surface area is 238 Å². The third-order valence-electron chi connectivity index (χ3n) is 13.0. The van der Waals surface area contributed by atoms with Crippen molar-refractivity contribution in [3.8, 4) is 6.07 Å². The molecular weight excluding hydrogens is 504 g/mol. The van der Waals surface area contributed by atoms with Crippen molar-refractivity contribution in [2.75, 3.05) is 6.61 Å². The van der Waals surface area contributed by atoms with Gasteiger partial charge in [0.2, 0.25) is 5.91 Å². The fourth-order valence-corrected chi connectivity index (χ4v) is 10.4. The molecule has 40 heavy (non-hydrogen) atoms. The Bertz CT molecular complexity index is 1290. The van der Waals surface area contributed by atoms with Gasteiger partial charge in [0.15, 0.2) is 11.6 Å². The van der Waals surface area contributed by atoms with E-state index in [2.05, 4.69) is 39.1 Å². The minimum Gasteiger partial charge on any atom is -0.396 e. The molecule has 3 N–H and O–H groups in total. The molecule has 3 saturated carbocycles. The number of nitrogens with zero attached hydrogens (tertiary/aromatic N) is 1. The van der Waals surface area contributed by atoms with Crippen LogP contribution in [0.3, 0.4) is 0 Å². The molecular formula is C33H46N2O5. The van der Waals surface area contributed by atoms with Crippen LogP contribution in [0.2, 0.25) is 0 Å². The van der Waals surface area contributed by atoms with Gasteiger partial charge >= 0.3 is 0 Å². The van der Waals surface area contributed by atoms with E-state index >= 15 is 0 Å². The standard InChI is InChI=1S/C33H46N2O5/c1-27(2)21-8-10-31(6)22(30(21,5)17-20(19-34)26(27)39)16-24(37)33(40)23-18-29(4,35-25(38)9-15-36)13-11-28(23,3)12-14-32(31,33)7/h16-17,21,23,36,40H,8-15,18H2,1-7H3,(H,35,38)/t21-,23+,28-,29-,30-,31+,32-,33+/m0/s1. The van der Waals surface area contributed by atoms with Gasteiger partial charge in [0.1, 0.15) is 11.7 Å². The number of fused-ring (bicyclic) bond motifs is 7. The van der Waals surface area contributed by atoms with Crippen molar-refractivity contribution in [3.63, 3.8) is 0 Å². The van der Waals surface area contributed by atoms with E-state index in [1.165, 1.54) is 0 Å². The molecule has 0 bridgehead atoms. The lowest BCUT2D eigenvalue weighted by Crippen LogP contribution is -2.74. The second-order valence-corrected chi connectivity index (χ2v) is 15.4. The molecule has 7 nitrogen and oxygen atoms in total. The maximum Gasteiger partial charge on any atom is 0.222 e. The molecule has 0 radical (unpaired) electrons. The summed E-state index contributed by atoms with van der Waals surface area (Å²) in [5.41, 5.74) is -4.04. The molecule has 1 amide bonds. The summed E-state index contributed by atoms with van der Waals surface area (Å²) in [5.74, 6) is -1.05. The zero-order valence-corrected chi connectivity index (χ0v) is 25.2. The number of rotatable bonds is 3. The van der Waals surface area contributed by atoms with Crippen LogP contribution in [-0.2, 0) is 14.4 Å². The van der Waals surface area contributed by atoms with Gasteiger partial charge in [-0.2, -0.15) is 5.26 Å². The van der Waals surface area contributed by atoms with Crippen LogP contribution in [0, 0.1) is 50.2 Å². The molecule has 7 heteroatoms. The highest BCUT2D eigenvalue weighted by atomic mass is 16.3. The number of amides is 1. The number of Topliss-reactive ketones (excluding diaryl/α,β-unsaturated/α-hetero) is 1. The summed E-state index contributed by atoms with van der Waals surface area (Å²) in [7, 11) is 0. The number of hydrogen-bond acceptors (Lipinski definition) is 6. The van der Waals surface area contributed by atoms with E-state index in [0.717, 1.165) is 37.7 Å². The number of carbonyl (C=O) groups excluding carboxylic acids is 3. The molecule has 5 aliphatic rings. The van der Waals surface area contributed by atoms with Gasteiger partial charge in [-0.3, -0.25) is 14.4 Å². The van der Waals surface area contributed by atoms with E-state index < -0.39 is 32.8 Å². The van der Waals surface area contributed by atoms with Crippen molar-refractivity contribution in [2.45, 2.75) is 111 Å². The Morgan fingerprint density at radius 3 is 2.30 bits per heavy atom. The average molecular weight is 551 g/mol. The normalized spacial score (nSPS) is 47.4. The second kappa shape index (κ2) is 8.61. The summed E-state index contributed by atoms with van der Waals surface area (Å²) in [5, 5.41) is 35.2. The second-order valence-electron chi connectivity index (χ2n) is 15.4. The highest BCUT2D eigenvalue weighted by molar-refractivity contribution is 6.05. The highest BCUT2D eigenvalue weighted by Crippen LogP contribution is 2.75. The molecule has 5 aliphatic carbocycles. The minimum absolute atomic E-state index is 0.0272. The van der Waals surface area contributed by atoms with Gasteiger partial charge in [0.25, 0.3) is 0 Å². The molecule has 0 saturated heterocycles. The van der Waals surface area contributed by atoms with Crippen LogP contribution in [0.4, 0.5) is 0 Å². The molecule has 0 unspecified atom stereocenters. The van der Waals surface area contributed by atoms with Crippen LogP contribution in [0.15, 0.2) is 23.3 Å². The smallest absolute Gasteiger partial charge is 0.222 e. The zero-order valence-electron chi connectivity index (χ0n) is 25.2. The van der Waals surface area contributed by atoms with E-state index in [1.807, 2.05) is 26.8 Å². The molecule has 8 atom stereocenters. The summed E-state index contributed by atoms with van der Waals surface area (Å²) < 4.78 is 0. The predicted octanol–water partition coefficient (Wildman–Crippen LogP) is 4.57. The lowest BCUT2D eigenvalue weighted by atomic mass is 9.33. The molecule has 3 fully saturated rings. The first-order valence-electron chi connectivity index (χ1n) is 15.0. The number of allylic oxidation sites excluding steroid dienone is 3. The van der Waals surface area contributed by atoms with Gasteiger partial charge < -0.3 is 15.5 Å². The number of aliphatic hydroxyl groups excluding tert-OH is 1. The van der Waals surface area contributed by atoms with Gasteiger partial charge in [-0.05, 0) is 80.3 Å². The lowest BCUT2D eigenvalue weighted by Gasteiger charge is -2.71. The number of hydrogen-bond donors (Lipinski definition) is 3. The van der Waals surface area contributed by atoms with Crippen LogP contribution in [0.1, 0.15) is 99.8 Å². The summed E-state index contributed by atoms with van der Waals surface area (Å²) in [4.78, 5) is 40.2. The minimum atomic E-state index is -1.62. The first-order valence-corrected chi connectivity index (χ1v) is 15.0. The topological polar surface area (TPSA) is 127 Å². The Balaban J connectivity index is 1.65. The van der Waals surface area contributed by atoms with Crippen LogP contribution < -0.4 is 5.32 Å². The number of nitriles is 1. The third-order valence-corrected chi connectivity index (χ3v) is 13.0. The molecule has 0 heterocycles. The Hall–Kier alpha value is -2.30. The van der Waals surface area contributed by atoms with Crippen LogP contribution in [-0.4, -0.2) is 45.4 Å². The van der Waals surface area contributed by atoms with Crippen molar-refractivity contribution in [1.29, 1.82) is 5.26 Å². The maximum atomic E-state index is 14.5. The summed E-state index contributed by atoms with van der Waals surface area (Å²) in [6.45, 7) is 14.2. The first-order chi connectivity index (χ1) is 18.4. The fraction of sp³-hybridized carbons (Fsp3) is 0.758. The maximum absolute atomic E-state index is 14.5. The number of nitrogens with one attached hydrogen (secondary N) is 1. The Morgan fingerprint density at radius 2 is 1.68 bits per heavy atom. The predicted molar refractivity (Wildman–Crippen MR) is 151 cm³/mol. The summed E-state index contributed by atoms with van der Waals surface area (Å²) in [6, 6.07) is 2.14. The van der Waals surface area contributed by atoms with E-state index in [-0.39, 0.29) is 53.3 Å². The molecule has 218 valence electrons. The third kappa shape index (κ3) is 3.45. The monoisotopic (exact) mass is 550 g/mol. The number of ketones is 2. The van der Waals surface area contributed by atoms with Gasteiger partial charge in [-0.25, -0.2) is 0 Å². The van der Waals surface area contributed by atoms with Gasteiger partial charge in [-0.1, -0.05) is 47.6 Å². The van der Waals surface area contributed by atoms with Crippen molar-refractivity contribution in [3.05, 3.63) is 23.3 Å². The van der Waals surface area contributed by atoms with Gasteiger partial charge in [-0.15, -0.1) is 0 Å². The number of aliphatic hydroxyl groups is 2. The van der Waals surface area contributed by atoms with Gasteiger partial charge in [0, 0.05) is 34.1 Å². The summed E-state index contributed by atoms with van der Waals surface area (Å²) in [6.07, 6.45) is 8.62. The van der Waals surface area contributed by atoms with Crippen molar-refractivity contribution in [1.82, 2.24) is 5.32 Å². The molecule has 0 aromatic rings. The SMILES string of the molecule is CC1(C)C(=O)C(C#N)=C[C@]2(C)C3=CC(=O)[C@]4(O)[C@@H]5C[C@@](C)(NC(=O)CCO)CC[C@@]5(C)CC[C@@]4(C)[C@]3(C)CC[C@@H]12. The van der Waals surface area contributed by atoms with Crippen molar-refractivity contribution in [2.24, 2.45) is 38.9 Å². The first kappa shape index (κ1) is 29.2. The van der Waals surface area contributed by atoms with Crippen LogP contribution in [0.25, 0.3) is 0 Å². The van der Waals surface area contributed by atoms with E-state index in [1.54, 1.807) is 6.08 Å². The lowest BCUT2D eigenvalue weighted by molar-refractivity contribution is -0.240. The molecule has 0 spiro atoms. The zero-order chi connectivity index (χ0) is 29.7. The molecule has 0 aliphatic heterocycles. The van der Waals surface area contributed by atoms with Gasteiger partial charge in [0.05, 0.1) is 12.2 Å². The largest absolute Gasteiger partial charge is 0.396 e. The van der Waals surface area contributed by atoms with E-state index in [9.17, 15) is 29.9 Å². The highest BCUT2D eigenvalue weighted by Gasteiger charge is 2.75. The van der Waals surface area contributed by atoms with Crippen molar-refractivity contribution >= 4 is 17.5 Å². The Morgan fingerprint density at radius 1 is 1.02 bits per heavy atom. The summed E-state index contributed by atoms with van der Waals surface area (Å²) >= 11 is 0. The van der Waals surface area contributed by atoms with Crippen LogP contribution in [0.5, 0.6) is 0 Å². The van der Waals surface area contributed by atoms with Crippen LogP contribution >= 0.6 is 0 Å². The van der Waals surface area contributed by atoms with E-state index in [4.69, 9.17) is 0 Å². The van der Waals surface area contributed by atoms with Crippen molar-refractivity contribution < 1.29 is 24.6 Å². The molecule has 0 aromatic carbocycles. The number of carbonyl (C=O) groups is 3. The quantitative estimate of drug-likeness (QED) is 0.472. The Kier molecular flexibility index (Phi) is 6.29.